The molecule has 0 bridgehead atoms. The summed E-state index contributed by atoms with van der Waals surface area (Å²) in [5, 5.41) is 3.32. The fourth-order valence-corrected chi connectivity index (χ4v) is 0.422. The topological polar surface area (TPSA) is 52.3 Å². The smallest absolute Gasteiger partial charge is 0.376 e. The molecule has 0 saturated heterocycles. The van der Waals surface area contributed by atoms with Crippen molar-refractivity contribution in [3.8, 4) is 0 Å². The third kappa shape index (κ3) is 1.07. The van der Waals surface area contributed by atoms with Gasteiger partial charge in [-0.05, 0) is 0 Å². The lowest BCUT2D eigenvalue weighted by Crippen LogP contribution is -1.97. The first-order valence-electron chi connectivity index (χ1n) is 2.33. The predicted octanol–water partition coefficient (Wildman–Crippen LogP) is 0.461. The van der Waals surface area contributed by atoms with Crippen LogP contribution in [0.15, 0.2) is 16.8 Å². The zero-order valence-corrected chi connectivity index (χ0v) is 4.83. The van der Waals surface area contributed by atoms with Crippen LogP contribution in [0, 0.1) is 0 Å². The number of hydrogen-bond donors (Lipinski definition) is 0. The number of aromatic nitrogens is 1. The number of rotatable bonds is 1. The molecule has 1 heterocycles. The maximum absolute atomic E-state index is 10.5. The van der Waals surface area contributed by atoms with E-state index < -0.39 is 5.97 Å². The second kappa shape index (κ2) is 2.30. The van der Waals surface area contributed by atoms with Gasteiger partial charge in [0.25, 0.3) is 0 Å². The average Bonchev–Trinajstić information content (AvgIpc) is 2.37. The summed E-state index contributed by atoms with van der Waals surface area (Å²) in [6.07, 6.45) is 1.38. The number of hydrogen-bond acceptors (Lipinski definition) is 4. The number of carbonyl (C=O) groups excluding carboxylic acids is 1. The van der Waals surface area contributed by atoms with Crippen LogP contribution in [0.3, 0.4) is 0 Å². The van der Waals surface area contributed by atoms with Gasteiger partial charge in [0.1, 0.15) is 0 Å². The fraction of sp³-hybridized carbons (Fsp3) is 0.200. The summed E-state index contributed by atoms with van der Waals surface area (Å²) >= 11 is 0. The summed E-state index contributed by atoms with van der Waals surface area (Å²) in [6.45, 7) is 0. The standard InChI is InChI=1S/C5H5NO3/c1-8-5(7)4-2-3-6-9-4/h2-3H,1H3. The zero-order valence-electron chi connectivity index (χ0n) is 4.83. The minimum atomic E-state index is -0.507. The van der Waals surface area contributed by atoms with E-state index in [9.17, 15) is 4.79 Å². The second-order valence-electron chi connectivity index (χ2n) is 1.37. The van der Waals surface area contributed by atoms with Gasteiger partial charge in [-0.25, -0.2) is 4.79 Å². The van der Waals surface area contributed by atoms with E-state index in [1.165, 1.54) is 19.4 Å². The van der Waals surface area contributed by atoms with Crippen LogP contribution in [0.4, 0.5) is 0 Å². The lowest BCUT2D eigenvalue weighted by Gasteiger charge is -1.88. The molecular weight excluding hydrogens is 122 g/mol. The van der Waals surface area contributed by atoms with E-state index in [4.69, 9.17) is 0 Å². The van der Waals surface area contributed by atoms with E-state index in [0.717, 1.165) is 0 Å². The molecule has 0 aliphatic carbocycles. The highest BCUT2D eigenvalue weighted by atomic mass is 16.5. The molecule has 1 aromatic heterocycles. The normalized spacial score (nSPS) is 9.00. The van der Waals surface area contributed by atoms with Gasteiger partial charge in [0.2, 0.25) is 5.76 Å². The van der Waals surface area contributed by atoms with Gasteiger partial charge in [-0.2, -0.15) is 0 Å². The van der Waals surface area contributed by atoms with E-state index in [0.29, 0.717) is 0 Å². The molecule has 0 saturated carbocycles. The molecule has 0 N–H and O–H groups in total. The van der Waals surface area contributed by atoms with E-state index in [1.807, 2.05) is 0 Å². The van der Waals surface area contributed by atoms with Crippen LogP contribution < -0.4 is 0 Å². The maximum atomic E-state index is 10.5. The van der Waals surface area contributed by atoms with E-state index in [2.05, 4.69) is 14.4 Å². The number of ether oxygens (including phenoxy) is 1. The van der Waals surface area contributed by atoms with Crippen molar-refractivity contribution in [3.05, 3.63) is 18.0 Å². The van der Waals surface area contributed by atoms with E-state index in [-0.39, 0.29) is 5.76 Å². The second-order valence-corrected chi connectivity index (χ2v) is 1.37. The monoisotopic (exact) mass is 127 g/mol. The summed E-state index contributed by atoms with van der Waals surface area (Å²) < 4.78 is 8.78. The van der Waals surface area contributed by atoms with Crippen molar-refractivity contribution in [2.24, 2.45) is 0 Å². The van der Waals surface area contributed by atoms with E-state index in [1.54, 1.807) is 0 Å². The molecule has 0 aliphatic heterocycles. The Hall–Kier alpha value is -1.32. The van der Waals surface area contributed by atoms with Crippen molar-refractivity contribution >= 4 is 5.97 Å². The Bertz CT molecular complexity index is 192. The largest absolute Gasteiger partial charge is 0.463 e. The Morgan fingerprint density at radius 3 is 3.11 bits per heavy atom. The minimum Gasteiger partial charge on any atom is -0.463 e. The van der Waals surface area contributed by atoms with Crippen LogP contribution in [-0.4, -0.2) is 18.2 Å². The van der Waals surface area contributed by atoms with Gasteiger partial charge in [-0.1, -0.05) is 5.16 Å². The summed E-state index contributed by atoms with van der Waals surface area (Å²) in [5.74, 6) is -0.384. The molecule has 0 unspecified atom stereocenters. The molecule has 0 spiro atoms. The predicted molar refractivity (Wildman–Crippen MR) is 27.8 cm³/mol. The number of carbonyl (C=O) groups is 1. The minimum absolute atomic E-state index is 0.123. The Morgan fingerprint density at radius 2 is 2.67 bits per heavy atom. The van der Waals surface area contributed by atoms with Gasteiger partial charge in [0.15, 0.2) is 0 Å². The van der Waals surface area contributed by atoms with Gasteiger partial charge in [-0.15, -0.1) is 0 Å². The lowest BCUT2D eigenvalue weighted by atomic mass is 10.5. The van der Waals surface area contributed by atoms with Crippen molar-refractivity contribution in [2.45, 2.75) is 0 Å². The molecule has 1 aromatic rings. The summed E-state index contributed by atoms with van der Waals surface area (Å²) in [6, 6.07) is 1.44. The first-order valence-corrected chi connectivity index (χ1v) is 2.33. The Morgan fingerprint density at radius 1 is 1.89 bits per heavy atom. The highest BCUT2D eigenvalue weighted by molar-refractivity contribution is 5.85. The van der Waals surface area contributed by atoms with Crippen molar-refractivity contribution in [1.29, 1.82) is 0 Å². The third-order valence-electron chi connectivity index (χ3n) is 0.824. The molecule has 4 heteroatoms. The molecular formula is C5H5NO3. The molecule has 9 heavy (non-hydrogen) atoms. The van der Waals surface area contributed by atoms with Crippen molar-refractivity contribution in [1.82, 2.24) is 5.16 Å². The zero-order chi connectivity index (χ0) is 6.69. The first kappa shape index (κ1) is 5.81. The van der Waals surface area contributed by atoms with Crippen LogP contribution in [0.5, 0.6) is 0 Å². The van der Waals surface area contributed by atoms with E-state index >= 15 is 0 Å². The number of methoxy groups -OCH3 is 1. The maximum Gasteiger partial charge on any atom is 0.376 e. The molecule has 1 rings (SSSR count). The molecule has 0 aromatic carbocycles. The lowest BCUT2D eigenvalue weighted by molar-refractivity contribution is 0.0554. The van der Waals surface area contributed by atoms with Crippen molar-refractivity contribution < 1.29 is 14.1 Å². The van der Waals surface area contributed by atoms with Crippen LogP contribution in [-0.2, 0) is 4.74 Å². The Balaban J connectivity index is 2.77. The molecule has 4 nitrogen and oxygen atoms in total. The average molecular weight is 127 g/mol. The third-order valence-corrected chi connectivity index (χ3v) is 0.824. The molecule has 0 atom stereocenters. The SMILES string of the molecule is COC(=O)c1ccno1. The molecule has 0 aliphatic rings. The van der Waals surface area contributed by atoms with Gasteiger partial charge in [0, 0.05) is 6.07 Å². The molecule has 0 radical (unpaired) electrons. The fourth-order valence-electron chi connectivity index (χ4n) is 0.422. The van der Waals surface area contributed by atoms with Gasteiger partial charge < -0.3 is 9.26 Å². The highest BCUT2D eigenvalue weighted by Crippen LogP contribution is 1.96. The van der Waals surface area contributed by atoms with Crippen LogP contribution >= 0.6 is 0 Å². The molecule has 48 valence electrons. The summed E-state index contributed by atoms with van der Waals surface area (Å²) in [7, 11) is 1.28. The van der Waals surface area contributed by atoms with Gasteiger partial charge >= 0.3 is 5.97 Å². The quantitative estimate of drug-likeness (QED) is 0.514. The molecule has 0 fully saturated rings. The van der Waals surface area contributed by atoms with Crippen molar-refractivity contribution in [3.63, 3.8) is 0 Å². The summed E-state index contributed by atoms with van der Waals surface area (Å²) in [5.41, 5.74) is 0. The Kier molecular flexibility index (Phi) is 1.48. The molecule has 0 amide bonds. The summed E-state index contributed by atoms with van der Waals surface area (Å²) in [4.78, 5) is 10.5. The first-order chi connectivity index (χ1) is 4.34. The van der Waals surface area contributed by atoms with Crippen molar-refractivity contribution in [2.75, 3.05) is 7.11 Å². The van der Waals surface area contributed by atoms with Crippen LogP contribution in [0.1, 0.15) is 10.6 Å². The van der Waals surface area contributed by atoms with Gasteiger partial charge in [-0.3, -0.25) is 0 Å². The number of nitrogens with zero attached hydrogens (tertiary/aromatic N) is 1. The number of esters is 1. The highest BCUT2D eigenvalue weighted by Gasteiger charge is 2.07. The van der Waals surface area contributed by atoms with Crippen LogP contribution in [0.2, 0.25) is 0 Å². The van der Waals surface area contributed by atoms with Crippen LogP contribution in [0.25, 0.3) is 0 Å². The Labute approximate surface area is 51.4 Å². The van der Waals surface area contributed by atoms with Gasteiger partial charge in [0.05, 0.1) is 13.3 Å².